The van der Waals surface area contributed by atoms with Crippen molar-refractivity contribution in [3.63, 3.8) is 0 Å². The maximum absolute atomic E-state index is 14.0. The van der Waals surface area contributed by atoms with Crippen molar-refractivity contribution in [3.8, 4) is 0 Å². The first-order valence-corrected chi connectivity index (χ1v) is 5.55. The quantitative estimate of drug-likeness (QED) is 0.905. The largest absolute Gasteiger partial charge is 0.330 e. The third-order valence-corrected chi connectivity index (χ3v) is 3.12. The first kappa shape index (κ1) is 13.5. The molecule has 0 heterocycles. The van der Waals surface area contributed by atoms with Gasteiger partial charge in [-0.05, 0) is 18.2 Å². The van der Waals surface area contributed by atoms with Crippen LogP contribution in [0.25, 0.3) is 0 Å². The first-order chi connectivity index (χ1) is 7.22. The molecule has 0 aromatic heterocycles. The molecule has 0 aliphatic carbocycles. The molecule has 1 rings (SSSR count). The predicted octanol–water partition coefficient (Wildman–Crippen LogP) is 3.66. The Hall–Kier alpha value is -0.550. The lowest BCUT2D eigenvalue weighted by Crippen LogP contribution is -2.40. The highest BCUT2D eigenvalue weighted by Gasteiger charge is 2.48. The smallest absolute Gasteiger partial charge is 0.282 e. The van der Waals surface area contributed by atoms with E-state index in [1.165, 1.54) is 19.9 Å². The van der Waals surface area contributed by atoms with Gasteiger partial charge >= 0.3 is 0 Å². The fourth-order valence-corrected chi connectivity index (χ4v) is 1.59. The molecule has 0 amide bonds. The lowest BCUT2D eigenvalue weighted by Gasteiger charge is -2.33. The minimum atomic E-state index is -3.31. The number of nitrogens with two attached hydrogens (primary N) is 1. The summed E-state index contributed by atoms with van der Waals surface area (Å²) in [5.74, 6) is -4.23. The van der Waals surface area contributed by atoms with Crippen LogP contribution in [0.5, 0.6) is 0 Å². The van der Waals surface area contributed by atoms with Crippen LogP contribution in [-0.4, -0.2) is 6.54 Å². The molecule has 2 N–H and O–H groups in total. The molecule has 1 aromatic carbocycles. The van der Waals surface area contributed by atoms with Crippen molar-refractivity contribution in [1.29, 1.82) is 0 Å². The van der Waals surface area contributed by atoms with Gasteiger partial charge in [-0.25, -0.2) is 13.2 Å². The zero-order valence-corrected chi connectivity index (χ0v) is 10.6. The standard InChI is InChI=1S/C11H13BrF3N/c1-10(2,6-16)11(14,15)8-5-7(12)3-4-9(8)13/h3-5H,6,16H2,1-2H3. The van der Waals surface area contributed by atoms with Crippen LogP contribution >= 0.6 is 15.9 Å². The molecule has 0 aliphatic rings. The Kier molecular flexibility index (Phi) is 3.69. The van der Waals surface area contributed by atoms with E-state index in [1.807, 2.05) is 0 Å². The van der Waals surface area contributed by atoms with Crippen LogP contribution in [0.4, 0.5) is 13.2 Å². The van der Waals surface area contributed by atoms with Gasteiger partial charge in [0.2, 0.25) is 0 Å². The Balaban J connectivity index is 3.31. The second-order valence-corrected chi connectivity index (χ2v) is 5.20. The van der Waals surface area contributed by atoms with Crippen molar-refractivity contribution in [2.75, 3.05) is 6.54 Å². The summed E-state index contributed by atoms with van der Waals surface area (Å²) in [5, 5.41) is 0. The monoisotopic (exact) mass is 295 g/mol. The molecule has 16 heavy (non-hydrogen) atoms. The normalized spacial score (nSPS) is 12.9. The molecule has 0 fully saturated rings. The minimum Gasteiger partial charge on any atom is -0.330 e. The van der Waals surface area contributed by atoms with Gasteiger partial charge in [0.25, 0.3) is 5.92 Å². The molecule has 0 unspecified atom stereocenters. The van der Waals surface area contributed by atoms with E-state index in [0.29, 0.717) is 4.47 Å². The Morgan fingerprint density at radius 3 is 2.38 bits per heavy atom. The van der Waals surface area contributed by atoms with E-state index in [4.69, 9.17) is 5.73 Å². The molecule has 0 radical (unpaired) electrons. The molecule has 0 bridgehead atoms. The summed E-state index contributed by atoms with van der Waals surface area (Å²) in [6, 6.07) is 3.48. The van der Waals surface area contributed by atoms with Gasteiger partial charge in [-0.15, -0.1) is 0 Å². The zero-order valence-electron chi connectivity index (χ0n) is 9.03. The number of benzene rings is 1. The van der Waals surface area contributed by atoms with Crippen LogP contribution in [0, 0.1) is 11.2 Å². The van der Waals surface area contributed by atoms with Crippen LogP contribution in [0.3, 0.4) is 0 Å². The van der Waals surface area contributed by atoms with Crippen LogP contribution < -0.4 is 5.73 Å². The highest BCUT2D eigenvalue weighted by Crippen LogP contribution is 2.45. The van der Waals surface area contributed by atoms with Gasteiger partial charge in [-0.3, -0.25) is 0 Å². The molecule has 0 atom stereocenters. The van der Waals surface area contributed by atoms with Crippen LogP contribution in [0.2, 0.25) is 0 Å². The molecule has 1 nitrogen and oxygen atoms in total. The molecule has 0 saturated carbocycles. The van der Waals surface area contributed by atoms with Crippen molar-refractivity contribution in [3.05, 3.63) is 34.1 Å². The van der Waals surface area contributed by atoms with Gasteiger partial charge in [0.15, 0.2) is 0 Å². The first-order valence-electron chi connectivity index (χ1n) is 4.76. The average molecular weight is 296 g/mol. The summed E-state index contributed by atoms with van der Waals surface area (Å²) in [6.07, 6.45) is 0. The second-order valence-electron chi connectivity index (χ2n) is 4.29. The third-order valence-electron chi connectivity index (χ3n) is 2.63. The summed E-state index contributed by atoms with van der Waals surface area (Å²) in [7, 11) is 0. The number of rotatable bonds is 3. The van der Waals surface area contributed by atoms with Crippen molar-refractivity contribution in [2.45, 2.75) is 19.8 Å². The van der Waals surface area contributed by atoms with E-state index in [1.54, 1.807) is 0 Å². The predicted molar refractivity (Wildman–Crippen MR) is 60.8 cm³/mol. The van der Waals surface area contributed by atoms with Gasteiger partial charge < -0.3 is 5.73 Å². The van der Waals surface area contributed by atoms with Gasteiger partial charge in [0, 0.05) is 16.4 Å². The van der Waals surface area contributed by atoms with Gasteiger partial charge in [0.05, 0.1) is 5.56 Å². The van der Waals surface area contributed by atoms with E-state index >= 15 is 0 Å². The Bertz CT molecular complexity index is 391. The van der Waals surface area contributed by atoms with Gasteiger partial charge in [0.1, 0.15) is 5.82 Å². The highest BCUT2D eigenvalue weighted by molar-refractivity contribution is 9.10. The molecule has 5 heteroatoms. The van der Waals surface area contributed by atoms with E-state index < -0.39 is 22.7 Å². The lowest BCUT2D eigenvalue weighted by atomic mass is 9.81. The van der Waals surface area contributed by atoms with E-state index in [2.05, 4.69) is 15.9 Å². The lowest BCUT2D eigenvalue weighted by molar-refractivity contribution is -0.111. The number of hydrogen-bond acceptors (Lipinski definition) is 1. The van der Waals surface area contributed by atoms with E-state index in [9.17, 15) is 13.2 Å². The van der Waals surface area contributed by atoms with E-state index in [-0.39, 0.29) is 6.54 Å². The summed E-state index contributed by atoms with van der Waals surface area (Å²) >= 11 is 3.05. The number of halogens is 4. The molecule has 90 valence electrons. The maximum Gasteiger partial charge on any atom is 0.282 e. The molecular weight excluding hydrogens is 283 g/mol. The highest BCUT2D eigenvalue weighted by atomic mass is 79.9. The molecule has 0 spiro atoms. The summed E-state index contributed by atoms with van der Waals surface area (Å²) in [6.45, 7) is 2.40. The third kappa shape index (κ3) is 2.25. The maximum atomic E-state index is 14.0. The number of alkyl halides is 2. The van der Waals surface area contributed by atoms with Gasteiger partial charge in [-0.2, -0.15) is 0 Å². The fraction of sp³-hybridized carbons (Fsp3) is 0.455. The molecule has 0 saturated heterocycles. The SMILES string of the molecule is CC(C)(CN)C(F)(F)c1cc(Br)ccc1F. The minimum absolute atomic E-state index is 0.230. The van der Waals surface area contributed by atoms with Crippen molar-refractivity contribution in [2.24, 2.45) is 11.1 Å². The molecule has 0 aliphatic heterocycles. The van der Waals surface area contributed by atoms with Crippen LogP contribution in [-0.2, 0) is 5.92 Å². The van der Waals surface area contributed by atoms with Crippen molar-refractivity contribution < 1.29 is 13.2 Å². The van der Waals surface area contributed by atoms with Crippen molar-refractivity contribution >= 4 is 15.9 Å². The summed E-state index contributed by atoms with van der Waals surface area (Å²) < 4.78 is 41.9. The van der Waals surface area contributed by atoms with Crippen LogP contribution in [0.15, 0.2) is 22.7 Å². The van der Waals surface area contributed by atoms with E-state index in [0.717, 1.165) is 12.1 Å². The van der Waals surface area contributed by atoms with Crippen molar-refractivity contribution in [1.82, 2.24) is 0 Å². The fourth-order valence-electron chi connectivity index (χ4n) is 1.23. The second kappa shape index (κ2) is 4.37. The van der Waals surface area contributed by atoms with Gasteiger partial charge in [-0.1, -0.05) is 29.8 Å². The number of hydrogen-bond donors (Lipinski definition) is 1. The topological polar surface area (TPSA) is 26.0 Å². The summed E-state index contributed by atoms with van der Waals surface area (Å²) in [5.41, 5.74) is 3.18. The van der Waals surface area contributed by atoms with Crippen LogP contribution in [0.1, 0.15) is 19.4 Å². The zero-order chi connectivity index (χ0) is 12.6. The Morgan fingerprint density at radius 1 is 1.31 bits per heavy atom. The average Bonchev–Trinajstić information content (AvgIpc) is 2.21. The summed E-state index contributed by atoms with van der Waals surface area (Å²) in [4.78, 5) is 0. The molecular formula is C11H13BrF3N. The molecule has 1 aromatic rings. The Morgan fingerprint density at radius 2 is 1.88 bits per heavy atom. The Labute approximate surface area is 101 Å².